The zero-order chi connectivity index (χ0) is 36.9. The largest absolute Gasteiger partial charge is 0.491 e. The Hall–Kier alpha value is -2.81. The number of nitro groups is 1. The zero-order valence-corrected chi connectivity index (χ0v) is 30.0. The molecule has 0 aliphatic carbocycles. The monoisotopic (exact) mass is 735 g/mol. The maximum Gasteiger partial charge on any atom is 0.333 e. The molecule has 0 radical (unpaired) electrons. The van der Waals surface area contributed by atoms with E-state index in [2.05, 4.69) is 6.58 Å². The number of nitro benzene ring substituents is 1. The number of carbonyl (C=O) groups is 1. The Kier molecular flexibility index (Phi) is 32.2. The third-order valence-corrected chi connectivity index (χ3v) is 6.07. The molecule has 0 saturated heterocycles. The maximum atomic E-state index is 11.2. The van der Waals surface area contributed by atoms with Crippen molar-refractivity contribution in [2.24, 2.45) is 0 Å². The van der Waals surface area contributed by atoms with E-state index in [0.29, 0.717) is 163 Å². The van der Waals surface area contributed by atoms with Gasteiger partial charge in [0.25, 0.3) is 5.69 Å². The van der Waals surface area contributed by atoms with Crippen molar-refractivity contribution in [3.63, 3.8) is 0 Å². The van der Waals surface area contributed by atoms with Crippen molar-refractivity contribution in [1.29, 1.82) is 0 Å². The first-order valence-corrected chi connectivity index (χ1v) is 17.1. The van der Waals surface area contributed by atoms with Gasteiger partial charge >= 0.3 is 5.97 Å². The molecule has 0 aromatic heterocycles. The highest BCUT2D eigenvalue weighted by molar-refractivity contribution is 5.86. The minimum absolute atomic E-state index is 0.0214. The summed E-state index contributed by atoms with van der Waals surface area (Å²) < 4.78 is 70.2. The Morgan fingerprint density at radius 1 is 0.490 bits per heavy atom. The molecule has 294 valence electrons. The quantitative estimate of drug-likeness (QED) is 0.0316. The summed E-state index contributed by atoms with van der Waals surface area (Å²) >= 11 is 0. The zero-order valence-electron chi connectivity index (χ0n) is 30.0. The van der Waals surface area contributed by atoms with Crippen LogP contribution in [0.15, 0.2) is 36.4 Å². The van der Waals surface area contributed by atoms with Crippen LogP contribution in [0.4, 0.5) is 5.69 Å². The second kappa shape index (κ2) is 35.6. The number of non-ortho nitro benzene ring substituents is 1. The van der Waals surface area contributed by atoms with E-state index in [9.17, 15) is 14.9 Å². The number of rotatable bonds is 39. The van der Waals surface area contributed by atoms with Gasteiger partial charge in [-0.25, -0.2) is 4.79 Å². The van der Waals surface area contributed by atoms with Crippen LogP contribution in [0.5, 0.6) is 5.75 Å². The summed E-state index contributed by atoms with van der Waals surface area (Å²) in [7, 11) is 0. The van der Waals surface area contributed by atoms with Gasteiger partial charge in [-0.15, -0.1) is 0 Å². The highest BCUT2D eigenvalue weighted by Crippen LogP contribution is 2.17. The first-order chi connectivity index (χ1) is 25.0. The molecule has 0 fully saturated rings. The summed E-state index contributed by atoms with van der Waals surface area (Å²) in [5, 5.41) is 10.6. The van der Waals surface area contributed by atoms with Gasteiger partial charge in [0, 0.05) is 17.7 Å². The average molecular weight is 736 g/mol. The fraction of sp³-hybridized carbons (Fsp3) is 0.735. The standard InChI is InChI=1S/C34H57NO16/c1-31(2)34(36)51-30-28-49-26-24-47-22-20-45-18-16-43-14-12-41-10-8-39-7-9-40-11-13-42-15-17-44-19-21-46-23-25-48-27-29-50-33-5-3-32(4-6-33)35(37)38/h3-6H,1,7-30H2,2H3. The fourth-order valence-electron chi connectivity index (χ4n) is 3.50. The SMILES string of the molecule is C=C(C)C(=O)OCCOCCOCCOCCOCCOCCOCCOCCOCCOCCOCCOCCOc1ccc([N+](=O)[O-])cc1. The van der Waals surface area contributed by atoms with Crippen molar-refractivity contribution < 1.29 is 71.3 Å². The van der Waals surface area contributed by atoms with Crippen LogP contribution in [0.1, 0.15) is 6.92 Å². The van der Waals surface area contributed by atoms with E-state index >= 15 is 0 Å². The molecule has 1 aromatic rings. The van der Waals surface area contributed by atoms with Gasteiger partial charge in [0.1, 0.15) is 19.0 Å². The van der Waals surface area contributed by atoms with Crippen LogP contribution in [-0.4, -0.2) is 169 Å². The molecule has 1 rings (SSSR count). The molecule has 51 heavy (non-hydrogen) atoms. The number of benzene rings is 1. The molecule has 0 spiro atoms. The molecule has 0 saturated carbocycles. The molecular weight excluding hydrogens is 678 g/mol. The molecule has 0 amide bonds. The second-order valence-corrected chi connectivity index (χ2v) is 10.3. The molecule has 17 heteroatoms. The number of hydrogen-bond acceptors (Lipinski definition) is 16. The highest BCUT2D eigenvalue weighted by Gasteiger charge is 2.04. The number of hydrogen-bond donors (Lipinski definition) is 0. The van der Waals surface area contributed by atoms with E-state index in [1.54, 1.807) is 19.1 Å². The Labute approximate surface area is 300 Å². The normalized spacial score (nSPS) is 11.2. The van der Waals surface area contributed by atoms with Gasteiger partial charge in [-0.2, -0.15) is 0 Å². The summed E-state index contributed by atoms with van der Waals surface area (Å²) in [5.74, 6) is 0.132. The first kappa shape index (κ1) is 46.2. The molecule has 0 N–H and O–H groups in total. The summed E-state index contributed by atoms with van der Waals surface area (Å²) in [6, 6.07) is 5.89. The van der Waals surface area contributed by atoms with Gasteiger partial charge in [-0.05, 0) is 19.1 Å². The van der Waals surface area contributed by atoms with Crippen LogP contribution in [0.3, 0.4) is 0 Å². The molecular formula is C34H57NO16. The average Bonchev–Trinajstić information content (AvgIpc) is 3.12. The first-order valence-electron chi connectivity index (χ1n) is 17.1. The van der Waals surface area contributed by atoms with Gasteiger partial charge in [0.05, 0.1) is 150 Å². The Balaban J connectivity index is 1.65. The second-order valence-electron chi connectivity index (χ2n) is 10.3. The van der Waals surface area contributed by atoms with Crippen molar-refractivity contribution >= 4 is 11.7 Å². The molecule has 0 bridgehead atoms. The molecule has 0 atom stereocenters. The van der Waals surface area contributed by atoms with Crippen LogP contribution in [0, 0.1) is 10.1 Å². The van der Waals surface area contributed by atoms with Gasteiger partial charge in [0.15, 0.2) is 0 Å². The molecule has 0 aliphatic heterocycles. The van der Waals surface area contributed by atoms with E-state index in [4.69, 9.17) is 61.6 Å². The van der Waals surface area contributed by atoms with Crippen molar-refractivity contribution in [3.05, 3.63) is 46.5 Å². The summed E-state index contributed by atoms with van der Waals surface area (Å²) in [6.07, 6.45) is 0. The lowest BCUT2D eigenvalue weighted by molar-refractivity contribution is -0.384. The Morgan fingerprint density at radius 2 is 0.745 bits per heavy atom. The fourth-order valence-corrected chi connectivity index (χ4v) is 3.50. The minimum atomic E-state index is -0.455. The van der Waals surface area contributed by atoms with E-state index in [1.807, 2.05) is 0 Å². The van der Waals surface area contributed by atoms with Crippen molar-refractivity contribution in [3.8, 4) is 5.75 Å². The Morgan fingerprint density at radius 3 is 1.00 bits per heavy atom. The van der Waals surface area contributed by atoms with E-state index in [0.717, 1.165) is 0 Å². The van der Waals surface area contributed by atoms with Gasteiger partial charge in [0.2, 0.25) is 0 Å². The topological polar surface area (TPSA) is 180 Å². The van der Waals surface area contributed by atoms with Crippen LogP contribution in [0.2, 0.25) is 0 Å². The minimum Gasteiger partial charge on any atom is -0.491 e. The highest BCUT2D eigenvalue weighted by atomic mass is 16.6. The van der Waals surface area contributed by atoms with Crippen LogP contribution in [0.25, 0.3) is 0 Å². The van der Waals surface area contributed by atoms with Crippen molar-refractivity contribution in [2.75, 3.05) is 159 Å². The van der Waals surface area contributed by atoms with Crippen LogP contribution < -0.4 is 4.74 Å². The van der Waals surface area contributed by atoms with E-state index < -0.39 is 10.9 Å². The number of ether oxygens (including phenoxy) is 13. The molecule has 0 aliphatic rings. The molecule has 17 nitrogen and oxygen atoms in total. The number of carbonyl (C=O) groups excluding carboxylic acids is 1. The third-order valence-electron chi connectivity index (χ3n) is 6.07. The third kappa shape index (κ3) is 31.6. The van der Waals surface area contributed by atoms with E-state index in [1.165, 1.54) is 12.1 Å². The Bertz CT molecular complexity index is 968. The van der Waals surface area contributed by atoms with E-state index in [-0.39, 0.29) is 12.3 Å². The van der Waals surface area contributed by atoms with Gasteiger partial charge in [-0.1, -0.05) is 6.58 Å². The van der Waals surface area contributed by atoms with Crippen molar-refractivity contribution in [2.45, 2.75) is 6.92 Å². The number of esters is 1. The van der Waals surface area contributed by atoms with Crippen molar-refractivity contribution in [1.82, 2.24) is 0 Å². The van der Waals surface area contributed by atoms with Gasteiger partial charge in [-0.3, -0.25) is 10.1 Å². The number of nitrogens with zero attached hydrogens (tertiary/aromatic N) is 1. The lowest BCUT2D eigenvalue weighted by Crippen LogP contribution is -2.16. The molecule has 0 unspecified atom stereocenters. The van der Waals surface area contributed by atoms with Crippen LogP contribution in [-0.2, 0) is 61.6 Å². The van der Waals surface area contributed by atoms with Crippen LogP contribution >= 0.6 is 0 Å². The maximum absolute atomic E-state index is 11.2. The smallest absolute Gasteiger partial charge is 0.333 e. The summed E-state index contributed by atoms with van der Waals surface area (Å²) in [4.78, 5) is 21.4. The predicted octanol–water partition coefficient (Wildman–Crippen LogP) is 2.28. The summed E-state index contributed by atoms with van der Waals surface area (Å²) in [6.45, 7) is 15.6. The predicted molar refractivity (Wildman–Crippen MR) is 183 cm³/mol. The lowest BCUT2D eigenvalue weighted by atomic mass is 10.3. The lowest BCUT2D eigenvalue weighted by Gasteiger charge is -2.09. The molecule has 0 heterocycles. The summed E-state index contributed by atoms with van der Waals surface area (Å²) in [5.41, 5.74) is 0.385. The molecule has 1 aromatic carbocycles. The van der Waals surface area contributed by atoms with Gasteiger partial charge < -0.3 is 61.6 Å².